The van der Waals surface area contributed by atoms with Crippen molar-refractivity contribution in [3.8, 4) is 0 Å². The van der Waals surface area contributed by atoms with Crippen LogP contribution in [0.4, 0.5) is 5.82 Å². The van der Waals surface area contributed by atoms with Crippen LogP contribution in [0.1, 0.15) is 79.0 Å². The van der Waals surface area contributed by atoms with Gasteiger partial charge in [0, 0.05) is 38.1 Å². The van der Waals surface area contributed by atoms with Crippen molar-refractivity contribution in [3.63, 3.8) is 0 Å². The second kappa shape index (κ2) is 18.6. The maximum absolute atomic E-state index is 4.42. The fourth-order valence-electron chi connectivity index (χ4n) is 4.53. The molecule has 1 atom stereocenters. The average Bonchev–Trinajstić information content (AvgIpc) is 2.91. The average molecular weight is 508 g/mol. The molecule has 1 saturated carbocycles. The minimum atomic E-state index is 0.384. The van der Waals surface area contributed by atoms with Crippen LogP contribution in [-0.4, -0.2) is 42.7 Å². The summed E-state index contributed by atoms with van der Waals surface area (Å²) in [6.07, 6.45) is 16.2. The Morgan fingerprint density at radius 1 is 1.14 bits per heavy atom. The first-order valence-electron chi connectivity index (χ1n) is 14.2. The molecule has 1 aromatic heterocycles. The third-order valence-electron chi connectivity index (χ3n) is 6.60. The monoisotopic (exact) mass is 507 g/mol. The van der Waals surface area contributed by atoms with Gasteiger partial charge in [-0.2, -0.15) is 0 Å². The molecule has 1 heterocycles. The molecule has 1 fully saturated rings. The highest BCUT2D eigenvalue weighted by atomic mass is 15.1. The first-order valence-corrected chi connectivity index (χ1v) is 14.2. The summed E-state index contributed by atoms with van der Waals surface area (Å²) in [6.45, 7) is 17.3. The second-order valence-electron chi connectivity index (χ2n) is 9.79. The van der Waals surface area contributed by atoms with E-state index >= 15 is 0 Å². The van der Waals surface area contributed by atoms with Crippen molar-refractivity contribution in [2.24, 2.45) is 5.92 Å². The maximum Gasteiger partial charge on any atom is 0.139 e. The lowest BCUT2D eigenvalue weighted by Gasteiger charge is -2.29. The molecule has 5 heteroatoms. The SMILES string of the molecule is C=CC/C(=C\NC(C)/C=C\C)CNC1CCC(CC)CC1.CC.Cc1nc(N(C)C)c2ccccc2n1. The number of nitrogens with one attached hydrogen (secondary N) is 2. The van der Waals surface area contributed by atoms with E-state index in [0.717, 1.165) is 41.4 Å². The molecular formula is C32H53N5. The number of para-hydroxylation sites is 1. The van der Waals surface area contributed by atoms with E-state index in [1.165, 1.54) is 37.7 Å². The molecule has 1 aromatic carbocycles. The van der Waals surface area contributed by atoms with Gasteiger partial charge in [0.2, 0.25) is 0 Å². The quantitative estimate of drug-likeness (QED) is 0.324. The molecule has 0 amide bonds. The van der Waals surface area contributed by atoms with E-state index in [0.29, 0.717) is 12.1 Å². The molecule has 206 valence electrons. The number of fused-ring (bicyclic) bond motifs is 1. The van der Waals surface area contributed by atoms with E-state index in [9.17, 15) is 0 Å². The summed E-state index contributed by atoms with van der Waals surface area (Å²) in [5.74, 6) is 2.76. The predicted octanol–water partition coefficient (Wildman–Crippen LogP) is 7.59. The largest absolute Gasteiger partial charge is 0.385 e. The van der Waals surface area contributed by atoms with Crippen molar-refractivity contribution in [2.45, 2.75) is 92.2 Å². The molecule has 0 spiro atoms. The lowest BCUT2D eigenvalue weighted by molar-refractivity contribution is 0.290. The summed E-state index contributed by atoms with van der Waals surface area (Å²) in [7, 11) is 3.99. The van der Waals surface area contributed by atoms with Gasteiger partial charge in [-0.15, -0.1) is 6.58 Å². The number of hydrogen-bond donors (Lipinski definition) is 2. The Bertz CT molecular complexity index is 955. The number of nitrogens with zero attached hydrogens (tertiary/aromatic N) is 3. The Hall–Kier alpha value is -2.66. The van der Waals surface area contributed by atoms with Crippen molar-refractivity contribution >= 4 is 16.7 Å². The van der Waals surface area contributed by atoms with Gasteiger partial charge in [-0.3, -0.25) is 0 Å². The van der Waals surface area contributed by atoms with Gasteiger partial charge in [0.25, 0.3) is 0 Å². The molecule has 0 saturated heterocycles. The number of allylic oxidation sites excluding steroid dienone is 2. The van der Waals surface area contributed by atoms with Gasteiger partial charge >= 0.3 is 0 Å². The van der Waals surface area contributed by atoms with E-state index in [-0.39, 0.29) is 0 Å². The third kappa shape index (κ3) is 12.0. The van der Waals surface area contributed by atoms with E-state index in [1.54, 1.807) is 0 Å². The first-order chi connectivity index (χ1) is 17.9. The summed E-state index contributed by atoms with van der Waals surface area (Å²) >= 11 is 0. The van der Waals surface area contributed by atoms with E-state index in [2.05, 4.69) is 66.3 Å². The molecule has 1 unspecified atom stereocenters. The van der Waals surface area contributed by atoms with Crippen LogP contribution in [0, 0.1) is 12.8 Å². The van der Waals surface area contributed by atoms with Crippen molar-refractivity contribution < 1.29 is 0 Å². The first kappa shape index (κ1) is 32.4. The molecule has 2 N–H and O–H groups in total. The Kier molecular flexibility index (Phi) is 16.2. The second-order valence-corrected chi connectivity index (χ2v) is 9.79. The lowest BCUT2D eigenvalue weighted by atomic mass is 9.84. The van der Waals surface area contributed by atoms with Crippen LogP contribution in [0.25, 0.3) is 10.9 Å². The predicted molar refractivity (Wildman–Crippen MR) is 164 cm³/mol. The Morgan fingerprint density at radius 2 is 1.81 bits per heavy atom. The van der Waals surface area contributed by atoms with Gasteiger partial charge in [-0.1, -0.05) is 57.6 Å². The number of aromatic nitrogens is 2. The standard InChI is InChI=1S/C19H34N2.C11H13N3.C2H6/c1-5-8-16(4)20-14-18(9-6-2)15-21-19-12-10-17(7-3)11-13-19;1-8-12-10-7-5-4-6-9(10)11(13-8)14(2)3;1-2/h5-6,8,14,16-17,19-21H,2,7,9-13,15H2,1,3-4H3;4-7H,1-3H3;1-2H3/b8-5-,18-14+;;. The van der Waals surface area contributed by atoms with E-state index in [1.807, 2.05) is 70.1 Å². The zero-order chi connectivity index (χ0) is 27.6. The fraction of sp³-hybridized carbons (Fsp3) is 0.562. The summed E-state index contributed by atoms with van der Waals surface area (Å²) in [6, 6.07) is 9.15. The van der Waals surface area contributed by atoms with Crippen LogP contribution >= 0.6 is 0 Å². The number of rotatable bonds is 10. The molecule has 5 nitrogen and oxygen atoms in total. The molecule has 0 bridgehead atoms. The summed E-state index contributed by atoms with van der Waals surface area (Å²) < 4.78 is 0. The molecule has 3 rings (SSSR count). The Morgan fingerprint density at radius 3 is 2.41 bits per heavy atom. The molecule has 0 radical (unpaired) electrons. The van der Waals surface area contributed by atoms with Crippen molar-refractivity contribution in [1.29, 1.82) is 0 Å². The van der Waals surface area contributed by atoms with Crippen LogP contribution in [0.5, 0.6) is 0 Å². The third-order valence-corrected chi connectivity index (χ3v) is 6.60. The highest BCUT2D eigenvalue weighted by Gasteiger charge is 2.19. The normalized spacial score (nSPS) is 18.3. The zero-order valence-electron chi connectivity index (χ0n) is 24.8. The van der Waals surface area contributed by atoms with Gasteiger partial charge in [0.1, 0.15) is 11.6 Å². The highest BCUT2D eigenvalue weighted by molar-refractivity contribution is 5.89. The number of hydrogen-bond acceptors (Lipinski definition) is 5. The van der Waals surface area contributed by atoms with E-state index in [4.69, 9.17) is 0 Å². The van der Waals surface area contributed by atoms with Gasteiger partial charge in [0.15, 0.2) is 0 Å². The highest BCUT2D eigenvalue weighted by Crippen LogP contribution is 2.26. The molecule has 37 heavy (non-hydrogen) atoms. The summed E-state index contributed by atoms with van der Waals surface area (Å²) in [5, 5.41) is 8.27. The molecule has 1 aliphatic carbocycles. The van der Waals surface area contributed by atoms with Crippen molar-refractivity contribution in [3.05, 3.63) is 66.7 Å². The van der Waals surface area contributed by atoms with E-state index < -0.39 is 0 Å². The van der Waals surface area contributed by atoms with Crippen LogP contribution in [-0.2, 0) is 0 Å². The number of anilines is 1. The fourth-order valence-corrected chi connectivity index (χ4v) is 4.53. The maximum atomic E-state index is 4.42. The molecular weight excluding hydrogens is 454 g/mol. The Balaban J connectivity index is 0.000000369. The van der Waals surface area contributed by atoms with Gasteiger partial charge < -0.3 is 15.5 Å². The lowest BCUT2D eigenvalue weighted by Crippen LogP contribution is -2.34. The van der Waals surface area contributed by atoms with Crippen LogP contribution in [0.2, 0.25) is 0 Å². The summed E-state index contributed by atoms with van der Waals surface area (Å²) in [5.41, 5.74) is 2.39. The number of aryl methyl sites for hydroxylation is 1. The van der Waals surface area contributed by atoms with Crippen molar-refractivity contribution in [1.82, 2.24) is 20.6 Å². The molecule has 0 aliphatic heterocycles. The molecule has 1 aliphatic rings. The van der Waals surface area contributed by atoms with Crippen LogP contribution in [0.15, 0.2) is 60.8 Å². The number of benzene rings is 1. The Labute approximate surface area is 227 Å². The topological polar surface area (TPSA) is 53.1 Å². The smallest absolute Gasteiger partial charge is 0.139 e. The minimum Gasteiger partial charge on any atom is -0.385 e. The summed E-state index contributed by atoms with van der Waals surface area (Å²) in [4.78, 5) is 10.8. The zero-order valence-corrected chi connectivity index (χ0v) is 24.8. The van der Waals surface area contributed by atoms with Gasteiger partial charge in [-0.05, 0) is 82.7 Å². The van der Waals surface area contributed by atoms with Gasteiger partial charge in [-0.25, -0.2) is 9.97 Å². The van der Waals surface area contributed by atoms with Crippen LogP contribution in [0.3, 0.4) is 0 Å². The van der Waals surface area contributed by atoms with Crippen LogP contribution < -0.4 is 15.5 Å². The van der Waals surface area contributed by atoms with Crippen molar-refractivity contribution in [2.75, 3.05) is 25.5 Å². The minimum absolute atomic E-state index is 0.384. The van der Waals surface area contributed by atoms with Gasteiger partial charge in [0.05, 0.1) is 5.52 Å². The molecule has 2 aromatic rings.